The minimum absolute atomic E-state index is 0.0220. The third-order valence-corrected chi connectivity index (χ3v) is 4.30. The lowest BCUT2D eigenvalue weighted by Crippen LogP contribution is -2.36. The highest BCUT2D eigenvalue weighted by molar-refractivity contribution is 6.33. The Morgan fingerprint density at radius 2 is 1.84 bits per heavy atom. The topological polar surface area (TPSA) is 101 Å². The smallest absolute Gasteiger partial charge is 0.418 e. The van der Waals surface area contributed by atoms with Crippen LogP contribution in [0.4, 0.5) is 18.9 Å². The molecule has 0 heterocycles. The highest BCUT2D eigenvalue weighted by atomic mass is 35.5. The summed E-state index contributed by atoms with van der Waals surface area (Å²) in [6.07, 6.45) is -4.79. The summed E-state index contributed by atoms with van der Waals surface area (Å²) in [7, 11) is 0. The van der Waals surface area contributed by atoms with Gasteiger partial charge in [-0.2, -0.15) is 13.2 Å². The Balaban J connectivity index is 3.39. The van der Waals surface area contributed by atoms with Crippen LogP contribution in [0.3, 0.4) is 0 Å². The van der Waals surface area contributed by atoms with Crippen molar-refractivity contribution in [3.05, 3.63) is 28.3 Å². The van der Waals surface area contributed by atoms with Crippen molar-refractivity contribution in [2.45, 2.75) is 45.2 Å². The number of alkyl halides is 3. The zero-order valence-electron chi connectivity index (χ0n) is 13.5. The van der Waals surface area contributed by atoms with Gasteiger partial charge < -0.3 is 15.9 Å². The lowest BCUT2D eigenvalue weighted by atomic mass is 9.74. The molecular weight excluding hydrogens is 363 g/mol. The standard InChI is InChI=1S/C16H19ClF3NO4/c1-2-3-4-15(14(24)25,8-12(22)23)7-9-5-10(16(18,19)20)13(21)11(17)6-9/h5-6H,2-4,7-8,21H2,1H3,(H,22,23)(H,24,25)/t15-/m0/s1. The van der Waals surface area contributed by atoms with Gasteiger partial charge >= 0.3 is 18.1 Å². The van der Waals surface area contributed by atoms with Gasteiger partial charge in [-0.05, 0) is 30.5 Å². The number of anilines is 1. The number of nitrogens with two attached hydrogens (primary N) is 1. The number of benzene rings is 1. The molecule has 0 saturated carbocycles. The summed E-state index contributed by atoms with van der Waals surface area (Å²) in [6, 6.07) is 1.88. The average molecular weight is 382 g/mol. The summed E-state index contributed by atoms with van der Waals surface area (Å²) in [5.41, 5.74) is 1.81. The normalized spacial score (nSPS) is 14.1. The van der Waals surface area contributed by atoms with Crippen LogP contribution in [0, 0.1) is 5.41 Å². The summed E-state index contributed by atoms with van der Waals surface area (Å²) >= 11 is 5.75. The molecule has 5 nitrogen and oxygen atoms in total. The molecule has 0 fully saturated rings. The van der Waals surface area contributed by atoms with E-state index >= 15 is 0 Å². The number of nitrogen functional groups attached to an aromatic ring is 1. The third-order valence-electron chi connectivity index (χ3n) is 3.99. The van der Waals surface area contributed by atoms with Crippen molar-refractivity contribution in [3.63, 3.8) is 0 Å². The molecule has 0 aliphatic rings. The molecule has 0 aliphatic carbocycles. The van der Waals surface area contributed by atoms with E-state index in [-0.39, 0.29) is 17.0 Å². The van der Waals surface area contributed by atoms with Crippen LogP contribution in [-0.4, -0.2) is 22.2 Å². The summed E-state index contributed by atoms with van der Waals surface area (Å²) in [6.45, 7) is 1.80. The second-order valence-corrected chi connectivity index (χ2v) is 6.38. The molecule has 1 aromatic carbocycles. The van der Waals surface area contributed by atoms with Crippen molar-refractivity contribution < 1.29 is 33.0 Å². The van der Waals surface area contributed by atoms with Crippen molar-refractivity contribution in [3.8, 4) is 0 Å². The van der Waals surface area contributed by atoms with Crippen LogP contribution in [0.2, 0.25) is 5.02 Å². The monoisotopic (exact) mass is 381 g/mol. The number of carboxylic acids is 2. The molecule has 1 rings (SSSR count). The van der Waals surface area contributed by atoms with Gasteiger partial charge in [0.1, 0.15) is 0 Å². The van der Waals surface area contributed by atoms with E-state index in [0.29, 0.717) is 12.8 Å². The minimum Gasteiger partial charge on any atom is -0.481 e. The Hall–Kier alpha value is -1.96. The minimum atomic E-state index is -4.76. The quantitative estimate of drug-likeness (QED) is 0.585. The molecule has 0 amide bonds. The van der Waals surface area contributed by atoms with Crippen molar-refractivity contribution in [2.24, 2.45) is 5.41 Å². The Morgan fingerprint density at radius 1 is 1.24 bits per heavy atom. The second-order valence-electron chi connectivity index (χ2n) is 5.97. The van der Waals surface area contributed by atoms with Gasteiger partial charge in [0.25, 0.3) is 0 Å². The number of hydrogen-bond acceptors (Lipinski definition) is 3. The maximum Gasteiger partial charge on any atom is 0.418 e. The molecule has 0 bridgehead atoms. The molecule has 0 spiro atoms. The van der Waals surface area contributed by atoms with E-state index in [1.54, 1.807) is 6.92 Å². The lowest BCUT2D eigenvalue weighted by Gasteiger charge is -2.28. The molecule has 1 atom stereocenters. The number of hydrogen-bond donors (Lipinski definition) is 3. The Kier molecular flexibility index (Phi) is 6.70. The van der Waals surface area contributed by atoms with Crippen LogP contribution in [0.15, 0.2) is 12.1 Å². The highest BCUT2D eigenvalue weighted by Crippen LogP contribution is 2.40. The SMILES string of the molecule is CCCC[C@@](CC(=O)O)(Cc1cc(Cl)c(N)c(C(F)(F)F)c1)C(=O)O. The van der Waals surface area contributed by atoms with Crippen LogP contribution in [0.1, 0.15) is 43.7 Å². The van der Waals surface area contributed by atoms with E-state index in [4.69, 9.17) is 22.4 Å². The molecule has 1 aromatic rings. The predicted molar refractivity (Wildman–Crippen MR) is 86.4 cm³/mol. The van der Waals surface area contributed by atoms with E-state index in [1.807, 2.05) is 0 Å². The number of aliphatic carboxylic acids is 2. The number of carbonyl (C=O) groups is 2. The first-order valence-electron chi connectivity index (χ1n) is 7.53. The van der Waals surface area contributed by atoms with E-state index in [0.717, 1.165) is 12.1 Å². The first-order chi connectivity index (χ1) is 11.4. The molecular formula is C16H19ClF3NO4. The Labute approximate surface area is 147 Å². The molecule has 4 N–H and O–H groups in total. The zero-order valence-corrected chi connectivity index (χ0v) is 14.2. The molecule has 0 saturated heterocycles. The van der Waals surface area contributed by atoms with E-state index < -0.39 is 47.6 Å². The number of halogens is 4. The van der Waals surface area contributed by atoms with Gasteiger partial charge in [0.2, 0.25) is 0 Å². The highest BCUT2D eigenvalue weighted by Gasteiger charge is 2.41. The van der Waals surface area contributed by atoms with Crippen molar-refractivity contribution in [1.82, 2.24) is 0 Å². The van der Waals surface area contributed by atoms with Crippen molar-refractivity contribution in [2.75, 3.05) is 5.73 Å². The fourth-order valence-corrected chi connectivity index (χ4v) is 2.95. The Bertz CT molecular complexity index is 664. The largest absolute Gasteiger partial charge is 0.481 e. The molecule has 0 aromatic heterocycles. The summed E-state index contributed by atoms with van der Waals surface area (Å²) in [5.74, 6) is -2.71. The van der Waals surface area contributed by atoms with Gasteiger partial charge in [-0.25, -0.2) is 0 Å². The van der Waals surface area contributed by atoms with E-state index in [1.165, 1.54) is 0 Å². The third kappa shape index (κ3) is 5.26. The maximum atomic E-state index is 13.1. The molecule has 0 unspecified atom stereocenters. The lowest BCUT2D eigenvalue weighted by molar-refractivity contribution is -0.156. The fraction of sp³-hybridized carbons (Fsp3) is 0.500. The molecule has 25 heavy (non-hydrogen) atoms. The van der Waals surface area contributed by atoms with Crippen LogP contribution in [0.25, 0.3) is 0 Å². The first kappa shape index (κ1) is 21.1. The van der Waals surface area contributed by atoms with E-state index in [9.17, 15) is 27.9 Å². The molecule has 0 aliphatic heterocycles. The zero-order chi connectivity index (χ0) is 19.4. The predicted octanol–water partition coefficient (Wildman–Crippen LogP) is 4.22. The molecule has 9 heteroatoms. The number of unbranched alkanes of at least 4 members (excludes halogenated alkanes) is 1. The van der Waals surface area contributed by atoms with Crippen molar-refractivity contribution in [1.29, 1.82) is 0 Å². The summed E-state index contributed by atoms with van der Waals surface area (Å²) < 4.78 is 39.2. The Morgan fingerprint density at radius 3 is 2.28 bits per heavy atom. The van der Waals surface area contributed by atoms with Gasteiger partial charge in [-0.1, -0.05) is 31.4 Å². The van der Waals surface area contributed by atoms with Crippen LogP contribution >= 0.6 is 11.6 Å². The van der Waals surface area contributed by atoms with Crippen LogP contribution in [0.5, 0.6) is 0 Å². The molecule has 0 radical (unpaired) electrons. The van der Waals surface area contributed by atoms with Gasteiger partial charge in [0.15, 0.2) is 0 Å². The van der Waals surface area contributed by atoms with Gasteiger partial charge in [0.05, 0.1) is 28.1 Å². The first-order valence-corrected chi connectivity index (χ1v) is 7.91. The summed E-state index contributed by atoms with van der Waals surface area (Å²) in [4.78, 5) is 22.9. The van der Waals surface area contributed by atoms with Gasteiger partial charge in [0, 0.05) is 0 Å². The van der Waals surface area contributed by atoms with E-state index in [2.05, 4.69) is 0 Å². The van der Waals surface area contributed by atoms with Crippen LogP contribution < -0.4 is 5.73 Å². The molecule has 140 valence electrons. The van der Waals surface area contributed by atoms with Crippen LogP contribution in [-0.2, 0) is 22.2 Å². The van der Waals surface area contributed by atoms with Gasteiger partial charge in [-0.15, -0.1) is 0 Å². The fourth-order valence-electron chi connectivity index (χ4n) is 2.70. The number of rotatable bonds is 8. The average Bonchev–Trinajstić information content (AvgIpc) is 2.46. The second kappa shape index (κ2) is 7.95. The van der Waals surface area contributed by atoms with Gasteiger partial charge in [-0.3, -0.25) is 9.59 Å². The maximum absolute atomic E-state index is 13.1. The summed E-state index contributed by atoms with van der Waals surface area (Å²) in [5, 5.41) is 18.3. The van der Waals surface area contributed by atoms with Crippen molar-refractivity contribution >= 4 is 29.2 Å². The number of carboxylic acid groups (broad SMARTS) is 2.